The molecule has 3 heteroatoms. The zero-order valence-corrected chi connectivity index (χ0v) is 13.7. The van der Waals surface area contributed by atoms with Crippen LogP contribution in [0.5, 0.6) is 11.5 Å². The molecule has 0 bridgehead atoms. The van der Waals surface area contributed by atoms with E-state index in [2.05, 4.69) is 0 Å². The fraction of sp³-hybridized carbons (Fsp3) is 0.143. The fourth-order valence-corrected chi connectivity index (χ4v) is 2.51. The van der Waals surface area contributed by atoms with Crippen molar-refractivity contribution in [2.24, 2.45) is 0 Å². The number of rotatable bonds is 6. The van der Waals surface area contributed by atoms with E-state index in [1.54, 1.807) is 0 Å². The molecule has 24 heavy (non-hydrogen) atoms. The number of nitrogens with two attached hydrogens (primary N) is 1. The van der Waals surface area contributed by atoms with Crippen molar-refractivity contribution in [3.63, 3.8) is 0 Å². The monoisotopic (exact) mass is 319 g/mol. The van der Waals surface area contributed by atoms with Crippen LogP contribution in [0.3, 0.4) is 0 Å². The summed E-state index contributed by atoms with van der Waals surface area (Å²) in [6, 6.07) is 23.8. The molecule has 0 aliphatic rings. The van der Waals surface area contributed by atoms with Crippen molar-refractivity contribution >= 4 is 5.69 Å². The third-order valence-corrected chi connectivity index (χ3v) is 3.85. The van der Waals surface area contributed by atoms with Crippen molar-refractivity contribution in [3.8, 4) is 11.5 Å². The highest BCUT2D eigenvalue weighted by molar-refractivity contribution is 5.61. The van der Waals surface area contributed by atoms with E-state index < -0.39 is 0 Å². The normalized spacial score (nSPS) is 10.4. The first-order chi connectivity index (χ1) is 11.7. The Labute approximate surface area is 142 Å². The van der Waals surface area contributed by atoms with Gasteiger partial charge in [-0.2, -0.15) is 0 Å². The molecule has 122 valence electrons. The van der Waals surface area contributed by atoms with Crippen molar-refractivity contribution in [1.82, 2.24) is 0 Å². The third kappa shape index (κ3) is 3.87. The van der Waals surface area contributed by atoms with Gasteiger partial charge >= 0.3 is 0 Å². The Morgan fingerprint density at radius 2 is 1.25 bits per heavy atom. The number of hydrogen-bond acceptors (Lipinski definition) is 3. The highest BCUT2D eigenvalue weighted by Gasteiger charge is 2.11. The largest absolute Gasteiger partial charge is 0.488 e. The first-order valence-corrected chi connectivity index (χ1v) is 7.96. The zero-order valence-electron chi connectivity index (χ0n) is 13.7. The molecule has 0 unspecified atom stereocenters. The summed E-state index contributed by atoms with van der Waals surface area (Å²) in [6.07, 6.45) is 0. The van der Waals surface area contributed by atoms with Gasteiger partial charge in [0.2, 0.25) is 0 Å². The Morgan fingerprint density at radius 1 is 0.708 bits per heavy atom. The van der Waals surface area contributed by atoms with Crippen LogP contribution in [0.25, 0.3) is 0 Å². The smallest absolute Gasteiger partial charge is 0.149 e. The van der Waals surface area contributed by atoms with E-state index in [9.17, 15) is 0 Å². The molecule has 0 aliphatic carbocycles. The molecule has 0 saturated carbocycles. The molecule has 2 N–H and O–H groups in total. The van der Waals surface area contributed by atoms with Gasteiger partial charge in [0.1, 0.15) is 24.7 Å². The van der Waals surface area contributed by atoms with Crippen LogP contribution in [-0.2, 0) is 13.2 Å². The van der Waals surface area contributed by atoms with Gasteiger partial charge in [-0.3, -0.25) is 0 Å². The standard InChI is InChI=1S/C21H21NO2/c1-16-20(23-14-17-8-4-2-5-9-17)13-12-19(22)21(16)24-15-18-10-6-3-7-11-18/h2-13H,14-15,22H2,1H3. The quantitative estimate of drug-likeness (QED) is 0.668. The summed E-state index contributed by atoms with van der Waals surface area (Å²) >= 11 is 0. The van der Waals surface area contributed by atoms with Gasteiger partial charge in [0.05, 0.1) is 5.69 Å². The molecule has 0 radical (unpaired) electrons. The Balaban J connectivity index is 1.72. The van der Waals surface area contributed by atoms with E-state index in [1.807, 2.05) is 79.7 Å². The predicted octanol–water partition coefficient (Wildman–Crippen LogP) is 4.74. The summed E-state index contributed by atoms with van der Waals surface area (Å²) < 4.78 is 11.9. The summed E-state index contributed by atoms with van der Waals surface area (Å²) in [4.78, 5) is 0. The van der Waals surface area contributed by atoms with Gasteiger partial charge in [-0.1, -0.05) is 60.7 Å². The van der Waals surface area contributed by atoms with Crippen molar-refractivity contribution in [2.75, 3.05) is 5.73 Å². The lowest BCUT2D eigenvalue weighted by molar-refractivity contribution is 0.287. The third-order valence-electron chi connectivity index (χ3n) is 3.85. The molecule has 0 aliphatic heterocycles. The van der Waals surface area contributed by atoms with Gasteiger partial charge in [-0.15, -0.1) is 0 Å². The van der Waals surface area contributed by atoms with Crippen LogP contribution in [0.15, 0.2) is 72.8 Å². The lowest BCUT2D eigenvalue weighted by Gasteiger charge is -2.16. The maximum Gasteiger partial charge on any atom is 0.149 e. The lowest BCUT2D eigenvalue weighted by atomic mass is 10.1. The second-order valence-corrected chi connectivity index (χ2v) is 5.66. The molecule has 0 saturated heterocycles. The average molecular weight is 319 g/mol. The highest BCUT2D eigenvalue weighted by Crippen LogP contribution is 2.34. The van der Waals surface area contributed by atoms with Crippen LogP contribution in [0, 0.1) is 6.92 Å². The molecule has 0 amide bonds. The maximum absolute atomic E-state index is 6.08. The number of hydrogen-bond donors (Lipinski definition) is 1. The summed E-state index contributed by atoms with van der Waals surface area (Å²) in [6.45, 7) is 2.97. The van der Waals surface area contributed by atoms with Gasteiger partial charge in [-0.25, -0.2) is 0 Å². The van der Waals surface area contributed by atoms with E-state index in [-0.39, 0.29) is 0 Å². The summed E-state index contributed by atoms with van der Waals surface area (Å²) in [7, 11) is 0. The summed E-state index contributed by atoms with van der Waals surface area (Å²) in [5.74, 6) is 1.47. The predicted molar refractivity (Wildman–Crippen MR) is 97.1 cm³/mol. The molecule has 3 nitrogen and oxygen atoms in total. The van der Waals surface area contributed by atoms with Gasteiger partial charge in [0.15, 0.2) is 0 Å². The molecule has 0 aromatic heterocycles. The van der Waals surface area contributed by atoms with Crippen molar-refractivity contribution in [1.29, 1.82) is 0 Å². The molecule has 0 atom stereocenters. The topological polar surface area (TPSA) is 44.5 Å². The minimum absolute atomic E-state index is 0.480. The molecule has 3 rings (SSSR count). The van der Waals surface area contributed by atoms with Crippen LogP contribution in [-0.4, -0.2) is 0 Å². The van der Waals surface area contributed by atoms with Crippen molar-refractivity contribution in [2.45, 2.75) is 20.1 Å². The second kappa shape index (κ2) is 7.55. The van der Waals surface area contributed by atoms with Gasteiger partial charge in [0, 0.05) is 5.56 Å². The number of benzene rings is 3. The average Bonchev–Trinajstić information content (AvgIpc) is 2.63. The minimum Gasteiger partial charge on any atom is -0.488 e. The van der Waals surface area contributed by atoms with Crippen LogP contribution in [0.4, 0.5) is 5.69 Å². The lowest BCUT2D eigenvalue weighted by Crippen LogP contribution is -2.03. The number of ether oxygens (including phenoxy) is 2. The second-order valence-electron chi connectivity index (χ2n) is 5.66. The Bertz CT molecular complexity index is 786. The van der Waals surface area contributed by atoms with Crippen LogP contribution in [0.1, 0.15) is 16.7 Å². The van der Waals surface area contributed by atoms with Crippen LogP contribution in [0.2, 0.25) is 0 Å². The number of anilines is 1. The zero-order chi connectivity index (χ0) is 16.8. The SMILES string of the molecule is Cc1c(OCc2ccccc2)ccc(N)c1OCc1ccccc1. The van der Waals surface area contributed by atoms with E-state index in [0.29, 0.717) is 24.7 Å². The fourth-order valence-electron chi connectivity index (χ4n) is 2.51. The Kier molecular flexibility index (Phi) is 5.02. The van der Waals surface area contributed by atoms with Crippen molar-refractivity contribution < 1.29 is 9.47 Å². The minimum atomic E-state index is 0.480. The summed E-state index contributed by atoms with van der Waals surface area (Å²) in [5, 5.41) is 0. The molecule has 0 fully saturated rings. The Morgan fingerprint density at radius 3 is 1.83 bits per heavy atom. The molecule has 3 aromatic rings. The van der Waals surface area contributed by atoms with Gasteiger partial charge in [0.25, 0.3) is 0 Å². The van der Waals surface area contributed by atoms with Crippen LogP contribution < -0.4 is 15.2 Å². The highest BCUT2D eigenvalue weighted by atomic mass is 16.5. The van der Waals surface area contributed by atoms with E-state index in [0.717, 1.165) is 22.4 Å². The van der Waals surface area contributed by atoms with E-state index in [1.165, 1.54) is 0 Å². The first kappa shape index (κ1) is 15.9. The van der Waals surface area contributed by atoms with E-state index in [4.69, 9.17) is 15.2 Å². The molecule has 0 heterocycles. The van der Waals surface area contributed by atoms with Crippen LogP contribution >= 0.6 is 0 Å². The van der Waals surface area contributed by atoms with E-state index >= 15 is 0 Å². The molecule has 0 spiro atoms. The summed E-state index contributed by atoms with van der Waals surface area (Å²) in [5.41, 5.74) is 9.85. The van der Waals surface area contributed by atoms with Gasteiger partial charge < -0.3 is 15.2 Å². The first-order valence-electron chi connectivity index (χ1n) is 7.96. The molecule has 3 aromatic carbocycles. The number of nitrogen functional groups attached to an aromatic ring is 1. The Hall–Kier alpha value is -2.94. The molecular formula is C21H21NO2. The van der Waals surface area contributed by atoms with Gasteiger partial charge in [-0.05, 0) is 30.2 Å². The van der Waals surface area contributed by atoms with Crippen molar-refractivity contribution in [3.05, 3.63) is 89.5 Å². The maximum atomic E-state index is 6.08. The molecular weight excluding hydrogens is 298 g/mol.